The molecular formula is C18H14Cl2N4OS. The molecule has 0 bridgehead atoms. The van der Waals surface area contributed by atoms with Gasteiger partial charge in [0.2, 0.25) is 0 Å². The first kappa shape index (κ1) is 18.6. The normalized spacial score (nSPS) is 10.6. The van der Waals surface area contributed by atoms with Crippen LogP contribution in [0.15, 0.2) is 52.6 Å². The van der Waals surface area contributed by atoms with Gasteiger partial charge in [-0.2, -0.15) is 0 Å². The molecule has 1 aromatic carbocycles. The lowest BCUT2D eigenvalue weighted by Gasteiger charge is -2.07. The fourth-order valence-electron chi connectivity index (χ4n) is 2.20. The van der Waals surface area contributed by atoms with E-state index in [1.165, 1.54) is 24.0 Å². The molecule has 0 radical (unpaired) electrons. The summed E-state index contributed by atoms with van der Waals surface area (Å²) in [6.45, 7) is 3.88. The van der Waals surface area contributed by atoms with Crippen molar-refractivity contribution in [1.29, 1.82) is 0 Å². The Morgan fingerprint density at radius 1 is 1.04 bits per heavy atom. The molecule has 3 rings (SSSR count). The predicted molar refractivity (Wildman–Crippen MR) is 104 cm³/mol. The van der Waals surface area contributed by atoms with Gasteiger partial charge in [0, 0.05) is 28.2 Å². The lowest BCUT2D eigenvalue weighted by atomic mass is 10.2. The van der Waals surface area contributed by atoms with E-state index in [9.17, 15) is 4.79 Å². The number of pyridine rings is 1. The lowest BCUT2D eigenvalue weighted by molar-refractivity contribution is 0.102. The molecule has 0 fully saturated rings. The molecule has 0 saturated heterocycles. The van der Waals surface area contributed by atoms with Crippen molar-refractivity contribution in [3.8, 4) is 0 Å². The number of nitrogens with one attached hydrogen (secondary N) is 1. The fourth-order valence-corrected chi connectivity index (χ4v) is 3.33. The highest BCUT2D eigenvalue weighted by Gasteiger charge is 2.10. The van der Waals surface area contributed by atoms with E-state index in [4.69, 9.17) is 23.2 Å². The van der Waals surface area contributed by atoms with E-state index < -0.39 is 0 Å². The molecule has 0 spiro atoms. The summed E-state index contributed by atoms with van der Waals surface area (Å²) in [5.74, 6) is -0.311. The lowest BCUT2D eigenvalue weighted by Crippen LogP contribution is -2.12. The molecule has 2 aromatic heterocycles. The minimum absolute atomic E-state index is 0.165. The molecule has 26 heavy (non-hydrogen) atoms. The van der Waals surface area contributed by atoms with Crippen molar-refractivity contribution in [3.05, 3.63) is 69.7 Å². The van der Waals surface area contributed by atoms with Crippen LogP contribution in [-0.4, -0.2) is 20.9 Å². The highest BCUT2D eigenvalue weighted by Crippen LogP contribution is 2.26. The van der Waals surface area contributed by atoms with Crippen LogP contribution < -0.4 is 5.32 Å². The van der Waals surface area contributed by atoms with Crippen molar-refractivity contribution >= 4 is 46.6 Å². The van der Waals surface area contributed by atoms with E-state index in [-0.39, 0.29) is 16.1 Å². The van der Waals surface area contributed by atoms with Crippen LogP contribution in [0.1, 0.15) is 21.7 Å². The van der Waals surface area contributed by atoms with E-state index in [0.717, 1.165) is 16.3 Å². The number of hydrogen-bond acceptors (Lipinski definition) is 5. The number of aromatic nitrogens is 3. The molecule has 0 saturated carbocycles. The van der Waals surface area contributed by atoms with E-state index in [1.54, 1.807) is 0 Å². The molecule has 1 N–H and O–H groups in total. The van der Waals surface area contributed by atoms with Crippen molar-refractivity contribution in [2.24, 2.45) is 0 Å². The van der Waals surface area contributed by atoms with Crippen LogP contribution in [0.5, 0.6) is 0 Å². The Kier molecular flexibility index (Phi) is 5.76. The Hall–Kier alpha value is -2.15. The third kappa shape index (κ3) is 4.72. The zero-order chi connectivity index (χ0) is 18.7. The summed E-state index contributed by atoms with van der Waals surface area (Å²) in [6, 6.07) is 10.8. The van der Waals surface area contributed by atoms with Gasteiger partial charge in [-0.05, 0) is 62.0 Å². The van der Waals surface area contributed by atoms with Gasteiger partial charge < -0.3 is 5.32 Å². The summed E-state index contributed by atoms with van der Waals surface area (Å²) < 4.78 is 0. The molecule has 0 aliphatic rings. The third-order valence-electron chi connectivity index (χ3n) is 3.34. The molecule has 0 unspecified atom stereocenters. The van der Waals surface area contributed by atoms with Crippen LogP contribution in [0.25, 0.3) is 0 Å². The van der Waals surface area contributed by atoms with Gasteiger partial charge in [-0.1, -0.05) is 23.2 Å². The second kappa shape index (κ2) is 8.03. The number of halogens is 2. The molecule has 8 heteroatoms. The van der Waals surface area contributed by atoms with Gasteiger partial charge in [-0.25, -0.2) is 15.0 Å². The van der Waals surface area contributed by atoms with Crippen molar-refractivity contribution in [2.45, 2.75) is 23.9 Å². The number of carbonyl (C=O) groups is 1. The Balaban J connectivity index is 1.69. The van der Waals surface area contributed by atoms with Crippen molar-refractivity contribution in [1.82, 2.24) is 15.0 Å². The topological polar surface area (TPSA) is 67.8 Å². The summed E-state index contributed by atoms with van der Waals surface area (Å²) in [6.07, 6.45) is 1.38. The maximum atomic E-state index is 12.3. The number of anilines is 1. The van der Waals surface area contributed by atoms with E-state index in [2.05, 4.69) is 20.3 Å². The molecular weight excluding hydrogens is 391 g/mol. The number of aryl methyl sites for hydroxylation is 2. The van der Waals surface area contributed by atoms with Crippen molar-refractivity contribution in [2.75, 3.05) is 5.32 Å². The van der Waals surface area contributed by atoms with E-state index in [1.807, 2.05) is 44.2 Å². The molecule has 1 amide bonds. The van der Waals surface area contributed by atoms with Crippen LogP contribution in [0.2, 0.25) is 10.2 Å². The molecule has 132 valence electrons. The number of amides is 1. The van der Waals surface area contributed by atoms with Gasteiger partial charge >= 0.3 is 0 Å². The maximum absolute atomic E-state index is 12.3. The largest absolute Gasteiger partial charge is 0.322 e. The molecule has 0 atom stereocenters. The van der Waals surface area contributed by atoms with E-state index in [0.29, 0.717) is 16.4 Å². The maximum Gasteiger partial charge on any atom is 0.257 e. The first-order chi connectivity index (χ1) is 12.4. The second-order valence-corrected chi connectivity index (χ2v) is 7.32. The average Bonchev–Trinajstić information content (AvgIpc) is 2.58. The minimum atomic E-state index is -0.311. The van der Waals surface area contributed by atoms with Gasteiger partial charge in [-0.3, -0.25) is 4.79 Å². The Morgan fingerprint density at radius 3 is 2.31 bits per heavy atom. The molecule has 0 aliphatic heterocycles. The van der Waals surface area contributed by atoms with Crippen molar-refractivity contribution < 1.29 is 4.79 Å². The summed E-state index contributed by atoms with van der Waals surface area (Å²) >= 11 is 13.1. The first-order valence-electron chi connectivity index (χ1n) is 7.63. The summed E-state index contributed by atoms with van der Waals surface area (Å²) in [4.78, 5) is 25.9. The molecule has 2 heterocycles. The quantitative estimate of drug-likeness (QED) is 0.477. The first-order valence-corrected chi connectivity index (χ1v) is 9.20. The Bertz CT molecular complexity index is 944. The Morgan fingerprint density at radius 2 is 1.69 bits per heavy atom. The van der Waals surface area contributed by atoms with Crippen LogP contribution >= 0.6 is 35.0 Å². The summed E-state index contributed by atoms with van der Waals surface area (Å²) in [5.41, 5.74) is 2.85. The number of carbonyl (C=O) groups excluding carboxylic acids is 1. The van der Waals surface area contributed by atoms with Gasteiger partial charge in [0.05, 0.1) is 10.6 Å². The zero-order valence-electron chi connectivity index (χ0n) is 14.0. The van der Waals surface area contributed by atoms with Gasteiger partial charge in [-0.15, -0.1) is 0 Å². The fraction of sp³-hybridized carbons (Fsp3) is 0.111. The van der Waals surface area contributed by atoms with Crippen LogP contribution in [0.4, 0.5) is 5.69 Å². The summed E-state index contributed by atoms with van der Waals surface area (Å²) in [5, 5.41) is 3.89. The number of benzene rings is 1. The summed E-state index contributed by atoms with van der Waals surface area (Å²) in [7, 11) is 0. The number of hydrogen-bond donors (Lipinski definition) is 1. The van der Waals surface area contributed by atoms with Crippen LogP contribution in [0, 0.1) is 13.8 Å². The van der Waals surface area contributed by atoms with Gasteiger partial charge in [0.1, 0.15) is 5.15 Å². The predicted octanol–water partition coefficient (Wildman–Crippen LogP) is 5.20. The highest BCUT2D eigenvalue weighted by molar-refractivity contribution is 7.99. The van der Waals surface area contributed by atoms with E-state index >= 15 is 0 Å². The SMILES string of the molecule is Cc1cc(C)nc(Sc2ccc(NC(=O)c3cnc(Cl)c(Cl)c3)cc2)n1. The highest BCUT2D eigenvalue weighted by atomic mass is 35.5. The van der Waals surface area contributed by atoms with Gasteiger partial charge in [0.25, 0.3) is 5.91 Å². The third-order valence-corrected chi connectivity index (χ3v) is 4.90. The smallest absolute Gasteiger partial charge is 0.257 e. The molecule has 0 aliphatic carbocycles. The second-order valence-electron chi connectivity index (χ2n) is 5.51. The van der Waals surface area contributed by atoms with Crippen LogP contribution in [0.3, 0.4) is 0 Å². The van der Waals surface area contributed by atoms with Gasteiger partial charge in [0.15, 0.2) is 5.16 Å². The van der Waals surface area contributed by atoms with Crippen molar-refractivity contribution in [3.63, 3.8) is 0 Å². The minimum Gasteiger partial charge on any atom is -0.322 e. The standard InChI is InChI=1S/C18H14Cl2N4OS/c1-10-7-11(2)23-18(22-10)26-14-5-3-13(4-6-14)24-17(25)12-8-15(19)16(20)21-9-12/h3-9H,1-2H3,(H,24,25). The zero-order valence-corrected chi connectivity index (χ0v) is 16.3. The van der Waals surface area contributed by atoms with Crippen LogP contribution in [-0.2, 0) is 0 Å². The number of nitrogens with zero attached hydrogens (tertiary/aromatic N) is 3. The molecule has 3 aromatic rings. The molecule has 5 nitrogen and oxygen atoms in total. The average molecular weight is 405 g/mol. The number of rotatable bonds is 4. The monoisotopic (exact) mass is 404 g/mol. The Labute approximate surface area is 165 Å².